The minimum atomic E-state index is -1.28. The Kier molecular flexibility index (Phi) is 19.4. The third kappa shape index (κ3) is 18.4. The van der Waals surface area contributed by atoms with Crippen LogP contribution >= 0.6 is 0 Å². The van der Waals surface area contributed by atoms with Crippen molar-refractivity contribution in [1.82, 2.24) is 4.90 Å². The van der Waals surface area contributed by atoms with E-state index >= 15 is 0 Å². The van der Waals surface area contributed by atoms with Crippen LogP contribution in [0.4, 0.5) is 4.79 Å². The molecule has 1 saturated heterocycles. The molecule has 0 spiro atoms. The second-order valence-electron chi connectivity index (χ2n) is 17.4. The highest BCUT2D eigenvalue weighted by molar-refractivity contribution is 5.92. The number of hydrogen-bond donors (Lipinski definition) is 1. The van der Waals surface area contributed by atoms with Crippen molar-refractivity contribution in [3.05, 3.63) is 112 Å². The number of aliphatic hydroxyl groups is 1. The number of hydrogen-bond acceptors (Lipinski definition) is 14. The van der Waals surface area contributed by atoms with E-state index in [4.69, 9.17) is 37.9 Å². The van der Waals surface area contributed by atoms with Crippen molar-refractivity contribution >= 4 is 30.0 Å². The lowest BCUT2D eigenvalue weighted by Gasteiger charge is -2.26. The second-order valence-corrected chi connectivity index (χ2v) is 17.4. The first kappa shape index (κ1) is 52.0. The first-order chi connectivity index (χ1) is 31.2. The summed E-state index contributed by atoms with van der Waals surface area (Å²) in [6.45, 7) is 13.2. The summed E-state index contributed by atoms with van der Waals surface area (Å²) < 4.78 is 43.3. The molecule has 15 heteroatoms. The minimum absolute atomic E-state index is 0.0744. The maximum Gasteiger partial charge on any atom is 0.410 e. The number of carbonyl (C=O) groups excluding carboxylic acids is 5. The lowest BCUT2D eigenvalue weighted by molar-refractivity contribution is -0.159. The molecular weight excluding hydrogens is 851 g/mol. The number of rotatable bonds is 18. The van der Waals surface area contributed by atoms with Crippen LogP contribution in [0.5, 0.6) is 5.75 Å². The third-order valence-electron chi connectivity index (χ3n) is 9.03. The third-order valence-corrected chi connectivity index (χ3v) is 9.03. The largest absolute Gasteiger partial charge is 0.491 e. The summed E-state index contributed by atoms with van der Waals surface area (Å²) >= 11 is 0. The van der Waals surface area contributed by atoms with Crippen molar-refractivity contribution in [3.63, 3.8) is 0 Å². The van der Waals surface area contributed by atoms with E-state index in [2.05, 4.69) is 23.7 Å². The van der Waals surface area contributed by atoms with Crippen molar-refractivity contribution in [2.75, 3.05) is 65.9 Å². The highest BCUT2D eigenvalue weighted by Crippen LogP contribution is 2.33. The molecular formula is C51H59NO14. The van der Waals surface area contributed by atoms with Gasteiger partial charge in [0.25, 0.3) is 0 Å². The first-order valence-corrected chi connectivity index (χ1v) is 21.4. The molecule has 3 aromatic rings. The van der Waals surface area contributed by atoms with E-state index < -0.39 is 66.5 Å². The van der Waals surface area contributed by atoms with Crippen LogP contribution in [-0.4, -0.2) is 123 Å². The van der Waals surface area contributed by atoms with Gasteiger partial charge >= 0.3 is 30.0 Å². The number of carbonyl (C=O) groups is 5. The Bertz CT molecular complexity index is 2260. The SMILES string of the molecule is CC(C)=C1CC(CO)(COC(=O)c2ccc(C#Cc3ccc(C#Cc4ccc(OCCOCCOCCOC(=O)N(CC(=O)OC(C)(C)C)CC(=O)OC(C)(C)C)cc4)cc3)cc2)OC1=O. The summed E-state index contributed by atoms with van der Waals surface area (Å²) in [5.41, 5.74) is 1.86. The van der Waals surface area contributed by atoms with E-state index in [1.54, 1.807) is 79.7 Å². The number of aliphatic hydroxyl groups excluding tert-OH is 1. The second kappa shape index (κ2) is 24.6. The summed E-state index contributed by atoms with van der Waals surface area (Å²) in [5.74, 6) is 10.7. The average Bonchev–Trinajstić information content (AvgIpc) is 3.60. The predicted octanol–water partition coefficient (Wildman–Crippen LogP) is 6.19. The minimum Gasteiger partial charge on any atom is -0.491 e. The smallest absolute Gasteiger partial charge is 0.410 e. The fourth-order valence-electron chi connectivity index (χ4n) is 5.88. The number of esters is 4. The first-order valence-electron chi connectivity index (χ1n) is 21.4. The zero-order chi connectivity index (χ0) is 48.3. The van der Waals surface area contributed by atoms with Gasteiger partial charge in [0.15, 0.2) is 5.60 Å². The predicted molar refractivity (Wildman–Crippen MR) is 242 cm³/mol. The van der Waals surface area contributed by atoms with Crippen LogP contribution in [0.15, 0.2) is 83.9 Å². The van der Waals surface area contributed by atoms with Gasteiger partial charge in [0.05, 0.1) is 38.6 Å². The number of nitrogens with zero attached hydrogens (tertiary/aromatic N) is 1. The van der Waals surface area contributed by atoms with Crippen molar-refractivity contribution < 1.29 is 67.0 Å². The van der Waals surface area contributed by atoms with Gasteiger partial charge in [0, 0.05) is 34.2 Å². The van der Waals surface area contributed by atoms with Crippen LogP contribution in [0, 0.1) is 23.7 Å². The number of amides is 1. The van der Waals surface area contributed by atoms with Gasteiger partial charge < -0.3 is 43.0 Å². The molecule has 0 aromatic heterocycles. The monoisotopic (exact) mass is 909 g/mol. The number of ether oxygens (including phenoxy) is 8. The standard InChI is InChI=1S/C51H59NO14/c1-36(2)43-31-51(34-53,66-47(43)57)35-63-46(56)41-21-17-39(18-22-41)15-13-37-9-11-38(12-10-37)14-16-40-19-23-42(24-20-40)61-29-27-59-25-26-60-28-30-62-48(58)52(32-44(54)64-49(3,4)5)33-45(55)65-50(6,7)8/h9-12,17-24,53H,25-35H2,1-8H3. The van der Waals surface area contributed by atoms with Crippen molar-refractivity contribution in [1.29, 1.82) is 0 Å². The molecule has 4 rings (SSSR count). The molecule has 0 saturated carbocycles. The van der Waals surface area contributed by atoms with Gasteiger partial charge in [-0.1, -0.05) is 29.3 Å². The zero-order valence-corrected chi connectivity index (χ0v) is 38.9. The van der Waals surface area contributed by atoms with Crippen molar-refractivity contribution in [3.8, 4) is 29.4 Å². The molecule has 15 nitrogen and oxygen atoms in total. The maximum atomic E-state index is 12.7. The van der Waals surface area contributed by atoms with Crippen LogP contribution in [0.25, 0.3) is 0 Å². The maximum absolute atomic E-state index is 12.7. The molecule has 1 heterocycles. The molecule has 1 aliphatic heterocycles. The molecule has 1 aliphatic rings. The quantitative estimate of drug-likeness (QED) is 0.0501. The summed E-state index contributed by atoms with van der Waals surface area (Å²) in [6, 6.07) is 21.5. The molecule has 66 heavy (non-hydrogen) atoms. The van der Waals surface area contributed by atoms with E-state index in [1.807, 2.05) is 48.5 Å². The van der Waals surface area contributed by atoms with Crippen LogP contribution in [-0.2, 0) is 47.5 Å². The molecule has 1 N–H and O–H groups in total. The summed E-state index contributed by atoms with van der Waals surface area (Å²) in [4.78, 5) is 63.2. The van der Waals surface area contributed by atoms with E-state index in [9.17, 15) is 29.1 Å². The topological polar surface area (TPSA) is 183 Å². The van der Waals surface area contributed by atoms with E-state index in [1.165, 1.54) is 0 Å². The molecule has 1 unspecified atom stereocenters. The van der Waals surface area contributed by atoms with Crippen LogP contribution in [0.1, 0.15) is 94.4 Å². The summed E-state index contributed by atoms with van der Waals surface area (Å²) in [6.07, 6.45) is -0.709. The van der Waals surface area contributed by atoms with Gasteiger partial charge in [-0.3, -0.25) is 14.5 Å². The van der Waals surface area contributed by atoms with Crippen LogP contribution < -0.4 is 4.74 Å². The normalized spacial score (nSPS) is 14.4. The fourth-order valence-corrected chi connectivity index (χ4v) is 5.88. The highest BCUT2D eigenvalue weighted by Gasteiger charge is 2.45. The Morgan fingerprint density at radius 3 is 1.53 bits per heavy atom. The molecule has 0 aliphatic carbocycles. The lowest BCUT2D eigenvalue weighted by Crippen LogP contribution is -2.43. The molecule has 1 amide bonds. The van der Waals surface area contributed by atoms with E-state index in [0.717, 1.165) is 27.2 Å². The molecule has 1 fully saturated rings. The van der Waals surface area contributed by atoms with Gasteiger partial charge in [-0.25, -0.2) is 14.4 Å². The Hall–Kier alpha value is -6.65. The Morgan fingerprint density at radius 1 is 0.652 bits per heavy atom. The van der Waals surface area contributed by atoms with E-state index in [-0.39, 0.29) is 39.5 Å². The summed E-state index contributed by atoms with van der Waals surface area (Å²) in [7, 11) is 0. The molecule has 0 radical (unpaired) electrons. The molecule has 352 valence electrons. The number of allylic oxidation sites excluding steroid dienone is 1. The molecule has 0 bridgehead atoms. The highest BCUT2D eigenvalue weighted by atomic mass is 16.6. The Morgan fingerprint density at radius 2 is 1.09 bits per heavy atom. The van der Waals surface area contributed by atoms with Crippen LogP contribution in [0.3, 0.4) is 0 Å². The molecule has 1 atom stereocenters. The fraction of sp³-hybridized carbons (Fsp3) is 0.431. The van der Waals surface area contributed by atoms with Gasteiger partial charge in [-0.2, -0.15) is 0 Å². The Balaban J connectivity index is 1.11. The van der Waals surface area contributed by atoms with E-state index in [0.29, 0.717) is 35.7 Å². The number of benzene rings is 3. The lowest BCUT2D eigenvalue weighted by atomic mass is 9.97. The van der Waals surface area contributed by atoms with Crippen molar-refractivity contribution in [2.24, 2.45) is 0 Å². The molecule has 3 aromatic carbocycles. The van der Waals surface area contributed by atoms with Gasteiger partial charge in [0.2, 0.25) is 0 Å². The average molecular weight is 910 g/mol. The van der Waals surface area contributed by atoms with Gasteiger partial charge in [-0.05, 0) is 128 Å². The van der Waals surface area contributed by atoms with Crippen LogP contribution in [0.2, 0.25) is 0 Å². The summed E-state index contributed by atoms with van der Waals surface area (Å²) in [5, 5.41) is 9.88. The van der Waals surface area contributed by atoms with Gasteiger partial charge in [-0.15, -0.1) is 0 Å². The Labute approximate surface area is 386 Å². The zero-order valence-electron chi connectivity index (χ0n) is 38.9. The van der Waals surface area contributed by atoms with Gasteiger partial charge in [0.1, 0.15) is 49.9 Å². The van der Waals surface area contributed by atoms with Crippen molar-refractivity contribution in [2.45, 2.75) is 78.6 Å². The number of cyclic esters (lactones) is 1.